The molecule has 0 rings (SSSR count). The first kappa shape index (κ1) is 17.7. The van der Waals surface area contributed by atoms with Crippen LogP contribution in [0.2, 0.25) is 0 Å². The molecule has 0 aromatic carbocycles. The monoisotopic (exact) mass is 272 g/mol. The van der Waals surface area contributed by atoms with Crippen LogP contribution in [0, 0.1) is 11.8 Å². The largest absolute Gasteiger partial charge is 0.480 e. The van der Waals surface area contributed by atoms with Crippen LogP contribution in [-0.2, 0) is 4.79 Å². The van der Waals surface area contributed by atoms with Crippen molar-refractivity contribution in [1.29, 1.82) is 0 Å². The van der Waals surface area contributed by atoms with Crippen LogP contribution in [0.25, 0.3) is 0 Å². The number of carbonyl (C=O) groups is 2. The molecule has 112 valence electrons. The molecule has 0 bridgehead atoms. The molecule has 3 unspecified atom stereocenters. The Morgan fingerprint density at radius 2 is 1.53 bits per heavy atom. The maximum Gasteiger partial charge on any atom is 0.326 e. The van der Waals surface area contributed by atoms with Gasteiger partial charge in [0.25, 0.3) is 0 Å². The van der Waals surface area contributed by atoms with Crippen molar-refractivity contribution in [3.63, 3.8) is 0 Å². The lowest BCUT2D eigenvalue weighted by atomic mass is 9.95. The van der Waals surface area contributed by atoms with E-state index in [1.807, 2.05) is 20.8 Å². The van der Waals surface area contributed by atoms with E-state index in [4.69, 9.17) is 5.11 Å². The van der Waals surface area contributed by atoms with Gasteiger partial charge in [-0.2, -0.15) is 0 Å². The van der Waals surface area contributed by atoms with E-state index >= 15 is 0 Å². The molecule has 3 atom stereocenters. The van der Waals surface area contributed by atoms with Gasteiger partial charge in [0.1, 0.15) is 6.04 Å². The fraction of sp³-hybridized carbons (Fsp3) is 0.857. The molecule has 0 aliphatic heterocycles. The minimum atomic E-state index is -0.986. The number of carbonyl (C=O) groups excluding carboxylic acids is 1. The van der Waals surface area contributed by atoms with Gasteiger partial charge in [0.05, 0.1) is 0 Å². The molecule has 19 heavy (non-hydrogen) atoms. The van der Waals surface area contributed by atoms with E-state index in [1.165, 1.54) is 0 Å². The summed E-state index contributed by atoms with van der Waals surface area (Å²) < 4.78 is 0. The Hall–Kier alpha value is -1.26. The predicted octanol–water partition coefficient (Wildman–Crippen LogP) is 2.61. The summed E-state index contributed by atoms with van der Waals surface area (Å²) >= 11 is 0. The molecule has 5 heteroatoms. The first-order chi connectivity index (χ1) is 8.87. The van der Waals surface area contributed by atoms with Crippen molar-refractivity contribution in [3.8, 4) is 0 Å². The summed E-state index contributed by atoms with van der Waals surface area (Å²) in [6, 6.07) is -1.19. The fourth-order valence-corrected chi connectivity index (χ4v) is 2.19. The molecular weight excluding hydrogens is 244 g/mol. The third-order valence-electron chi connectivity index (χ3n) is 3.88. The highest BCUT2D eigenvalue weighted by Gasteiger charge is 2.26. The fourth-order valence-electron chi connectivity index (χ4n) is 2.19. The van der Waals surface area contributed by atoms with Gasteiger partial charge in [-0.25, -0.2) is 9.59 Å². The lowest BCUT2D eigenvalue weighted by Crippen LogP contribution is -2.52. The van der Waals surface area contributed by atoms with Gasteiger partial charge in [0.15, 0.2) is 0 Å². The second-order valence-electron chi connectivity index (χ2n) is 5.18. The SMILES string of the molecule is CCC(C)C(NC(=O)NC(C)C(CC)CC)C(=O)O. The highest BCUT2D eigenvalue weighted by Crippen LogP contribution is 2.13. The van der Waals surface area contributed by atoms with Gasteiger partial charge >= 0.3 is 12.0 Å². The van der Waals surface area contributed by atoms with Gasteiger partial charge in [-0.05, 0) is 18.8 Å². The molecule has 0 aromatic rings. The number of hydrogen-bond donors (Lipinski definition) is 3. The summed E-state index contributed by atoms with van der Waals surface area (Å²) in [4.78, 5) is 23.0. The molecule has 0 radical (unpaired) electrons. The zero-order chi connectivity index (χ0) is 15.0. The smallest absolute Gasteiger partial charge is 0.326 e. The molecule has 0 fully saturated rings. The summed E-state index contributed by atoms with van der Waals surface area (Å²) in [6.07, 6.45) is 2.69. The maximum atomic E-state index is 11.8. The van der Waals surface area contributed by atoms with Crippen LogP contribution in [0.5, 0.6) is 0 Å². The highest BCUT2D eigenvalue weighted by atomic mass is 16.4. The van der Waals surface area contributed by atoms with Crippen LogP contribution in [0.15, 0.2) is 0 Å². The van der Waals surface area contributed by atoms with Crippen LogP contribution in [0.1, 0.15) is 53.9 Å². The minimum Gasteiger partial charge on any atom is -0.480 e. The first-order valence-corrected chi connectivity index (χ1v) is 7.17. The summed E-state index contributed by atoms with van der Waals surface area (Å²) in [5.74, 6) is -0.663. The Bertz CT molecular complexity index is 290. The van der Waals surface area contributed by atoms with Crippen molar-refractivity contribution >= 4 is 12.0 Å². The van der Waals surface area contributed by atoms with Gasteiger partial charge in [0, 0.05) is 6.04 Å². The Morgan fingerprint density at radius 1 is 1.00 bits per heavy atom. The Labute approximate surface area is 116 Å². The van der Waals surface area contributed by atoms with Crippen LogP contribution in [0.3, 0.4) is 0 Å². The molecule has 0 aliphatic rings. The van der Waals surface area contributed by atoms with Gasteiger partial charge in [-0.3, -0.25) is 0 Å². The van der Waals surface area contributed by atoms with E-state index in [9.17, 15) is 9.59 Å². The summed E-state index contributed by atoms with van der Waals surface area (Å²) in [5.41, 5.74) is 0. The number of rotatable bonds is 8. The second-order valence-corrected chi connectivity index (χ2v) is 5.18. The van der Waals surface area contributed by atoms with Crippen molar-refractivity contribution in [1.82, 2.24) is 10.6 Å². The van der Waals surface area contributed by atoms with Crippen LogP contribution < -0.4 is 10.6 Å². The van der Waals surface area contributed by atoms with E-state index in [0.29, 0.717) is 12.3 Å². The highest BCUT2D eigenvalue weighted by molar-refractivity contribution is 5.82. The van der Waals surface area contributed by atoms with Crippen molar-refractivity contribution in [2.45, 2.75) is 66.0 Å². The molecule has 0 aliphatic carbocycles. The number of nitrogens with one attached hydrogen (secondary N) is 2. The molecule has 0 heterocycles. The average Bonchev–Trinajstić information content (AvgIpc) is 2.36. The van der Waals surface area contributed by atoms with Crippen molar-refractivity contribution < 1.29 is 14.7 Å². The standard InChI is InChI=1S/C14H28N2O3/c1-6-9(4)12(13(17)18)16-14(19)15-10(5)11(7-2)8-3/h9-12H,6-8H2,1-5H3,(H,17,18)(H2,15,16,19). The summed E-state index contributed by atoms with van der Waals surface area (Å²) in [5, 5.41) is 14.5. The van der Waals surface area contributed by atoms with Crippen LogP contribution in [0.4, 0.5) is 4.79 Å². The molecule has 5 nitrogen and oxygen atoms in total. The number of carboxylic acid groups (broad SMARTS) is 1. The number of amides is 2. The number of carboxylic acids is 1. The number of urea groups is 1. The third-order valence-corrected chi connectivity index (χ3v) is 3.88. The van der Waals surface area contributed by atoms with E-state index in [-0.39, 0.29) is 12.0 Å². The van der Waals surface area contributed by atoms with Gasteiger partial charge in [-0.1, -0.05) is 47.0 Å². The van der Waals surface area contributed by atoms with E-state index < -0.39 is 18.0 Å². The average molecular weight is 272 g/mol. The Kier molecular flexibility index (Phi) is 8.19. The minimum absolute atomic E-state index is 0.0429. The first-order valence-electron chi connectivity index (χ1n) is 7.17. The molecule has 0 aromatic heterocycles. The van der Waals surface area contributed by atoms with E-state index in [2.05, 4.69) is 24.5 Å². The second kappa shape index (κ2) is 8.77. The molecule has 0 saturated carbocycles. The van der Waals surface area contributed by atoms with Gasteiger partial charge in [0.2, 0.25) is 0 Å². The zero-order valence-corrected chi connectivity index (χ0v) is 12.7. The predicted molar refractivity (Wildman–Crippen MR) is 76.1 cm³/mol. The van der Waals surface area contributed by atoms with E-state index in [0.717, 1.165) is 12.8 Å². The third kappa shape index (κ3) is 5.94. The normalized spacial score (nSPS) is 15.7. The zero-order valence-electron chi connectivity index (χ0n) is 12.7. The van der Waals surface area contributed by atoms with Crippen LogP contribution in [-0.4, -0.2) is 29.2 Å². The molecule has 2 amide bonds. The number of aliphatic carboxylic acids is 1. The Balaban J connectivity index is 4.46. The summed E-state index contributed by atoms with van der Waals surface area (Å²) in [6.45, 7) is 9.86. The topological polar surface area (TPSA) is 78.4 Å². The number of hydrogen-bond acceptors (Lipinski definition) is 2. The van der Waals surface area contributed by atoms with Crippen LogP contribution >= 0.6 is 0 Å². The lowest BCUT2D eigenvalue weighted by Gasteiger charge is -2.25. The quantitative estimate of drug-likeness (QED) is 0.635. The lowest BCUT2D eigenvalue weighted by molar-refractivity contribution is -0.140. The molecule has 3 N–H and O–H groups in total. The maximum absolute atomic E-state index is 11.8. The Morgan fingerprint density at radius 3 is 1.89 bits per heavy atom. The van der Waals surface area contributed by atoms with Crippen molar-refractivity contribution in [2.75, 3.05) is 0 Å². The van der Waals surface area contributed by atoms with E-state index in [1.54, 1.807) is 0 Å². The summed E-state index contributed by atoms with van der Waals surface area (Å²) in [7, 11) is 0. The van der Waals surface area contributed by atoms with Gasteiger partial charge < -0.3 is 15.7 Å². The van der Waals surface area contributed by atoms with Gasteiger partial charge in [-0.15, -0.1) is 0 Å². The molecule has 0 spiro atoms. The van der Waals surface area contributed by atoms with Crippen molar-refractivity contribution in [2.24, 2.45) is 11.8 Å². The molecule has 0 saturated heterocycles. The molecular formula is C14H28N2O3. The van der Waals surface area contributed by atoms with Crippen molar-refractivity contribution in [3.05, 3.63) is 0 Å².